The zero-order chi connectivity index (χ0) is 34.4. The maximum Gasteiger partial charge on any atom is 0.420 e. The smallest absolute Gasteiger partial charge is 0.420 e. The SMILES string of the molecule is C#Cc1c(F)ccc2cc(O)cc(N3Cc4nc(OC[C@]5(C)C[C@@H](F)CN5C)nc(NCC5(N(C)C(=O)C=C)CCCC5)c4OC3=O)c12. The van der Waals surface area contributed by atoms with Crippen LogP contribution in [0.3, 0.4) is 0 Å². The van der Waals surface area contributed by atoms with Gasteiger partial charge in [0.1, 0.15) is 30.0 Å². The van der Waals surface area contributed by atoms with Crippen molar-refractivity contribution in [2.45, 2.75) is 62.8 Å². The van der Waals surface area contributed by atoms with E-state index in [1.165, 1.54) is 35.2 Å². The number of terminal acetylenes is 1. The first-order chi connectivity index (χ1) is 22.9. The van der Waals surface area contributed by atoms with Crippen LogP contribution in [0.2, 0.25) is 0 Å². The number of aromatic hydroxyl groups is 1. The standard InChI is InChI=1S/C35H38F2N6O5/c1-6-24-25(37)11-10-21-14-23(44)15-27(29(21)24)43-18-26-30(48-33(43)46)31(38-19-35(12-8-9-13-35)42(5)28(45)7-2)40-32(39-26)47-20-34(3)16-22(36)17-41(34)4/h1,7,10-11,14-15,22,44H,2,8-9,12-13,16-20H2,3-5H3,(H,38,39,40)/t22-,34+/m1/s1. The van der Waals surface area contributed by atoms with Crippen LogP contribution in [0.15, 0.2) is 36.9 Å². The lowest BCUT2D eigenvalue weighted by atomic mass is 9.95. The van der Waals surface area contributed by atoms with Crippen LogP contribution < -0.4 is 19.7 Å². The Morgan fingerprint density at radius 3 is 2.75 bits per heavy atom. The summed E-state index contributed by atoms with van der Waals surface area (Å²) in [6.45, 7) is 6.04. The van der Waals surface area contributed by atoms with Gasteiger partial charge in [-0.25, -0.2) is 13.6 Å². The average Bonchev–Trinajstić information content (AvgIpc) is 3.65. The summed E-state index contributed by atoms with van der Waals surface area (Å²) in [6.07, 6.45) is 8.74. The summed E-state index contributed by atoms with van der Waals surface area (Å²) in [5, 5.41) is 14.5. The number of fused-ring (bicyclic) bond motifs is 2. The van der Waals surface area contributed by atoms with E-state index in [2.05, 4.69) is 27.8 Å². The van der Waals surface area contributed by atoms with Crippen molar-refractivity contribution in [1.29, 1.82) is 0 Å². The van der Waals surface area contributed by atoms with Crippen LogP contribution in [-0.4, -0.2) is 87.9 Å². The molecule has 0 radical (unpaired) electrons. The third-order valence-electron chi connectivity index (χ3n) is 10.0. The minimum absolute atomic E-state index is 0.0294. The lowest BCUT2D eigenvalue weighted by molar-refractivity contribution is -0.129. The lowest BCUT2D eigenvalue weighted by Gasteiger charge is -2.39. The van der Waals surface area contributed by atoms with Gasteiger partial charge in [0.05, 0.1) is 28.9 Å². The van der Waals surface area contributed by atoms with E-state index in [4.69, 9.17) is 15.9 Å². The van der Waals surface area contributed by atoms with Gasteiger partial charge in [0.25, 0.3) is 0 Å². The van der Waals surface area contributed by atoms with Gasteiger partial charge in [-0.15, -0.1) is 6.42 Å². The van der Waals surface area contributed by atoms with Crippen LogP contribution in [-0.2, 0) is 11.3 Å². The van der Waals surface area contributed by atoms with Crippen molar-refractivity contribution in [3.8, 4) is 29.9 Å². The largest absolute Gasteiger partial charge is 0.508 e. The number of likely N-dealkylation sites (tertiary alicyclic amines) is 1. The van der Waals surface area contributed by atoms with E-state index in [0.29, 0.717) is 11.9 Å². The quantitative estimate of drug-likeness (QED) is 0.237. The zero-order valence-corrected chi connectivity index (χ0v) is 27.2. The monoisotopic (exact) mass is 660 g/mol. The van der Waals surface area contributed by atoms with Gasteiger partial charge < -0.3 is 24.8 Å². The molecule has 2 aliphatic heterocycles. The normalized spacial score (nSPS) is 21.8. The van der Waals surface area contributed by atoms with Crippen LogP contribution in [0.4, 0.5) is 25.1 Å². The Labute approximate surface area is 277 Å². The van der Waals surface area contributed by atoms with Gasteiger partial charge >= 0.3 is 12.1 Å². The number of aromatic nitrogens is 2. The molecule has 3 aliphatic rings. The fourth-order valence-corrected chi connectivity index (χ4v) is 7.06. The number of carbonyl (C=O) groups is 2. The highest BCUT2D eigenvalue weighted by Gasteiger charge is 2.42. The van der Waals surface area contributed by atoms with E-state index in [9.17, 15) is 23.5 Å². The Bertz CT molecular complexity index is 1840. The number of nitrogens with zero attached hydrogens (tertiary/aromatic N) is 5. The lowest BCUT2D eigenvalue weighted by Crippen LogP contribution is -2.51. The predicted molar refractivity (Wildman–Crippen MR) is 176 cm³/mol. The molecule has 48 heavy (non-hydrogen) atoms. The number of anilines is 2. The van der Waals surface area contributed by atoms with Crippen molar-refractivity contribution in [2.24, 2.45) is 0 Å². The molecule has 2 aromatic carbocycles. The zero-order valence-electron chi connectivity index (χ0n) is 27.2. The fraction of sp³-hybridized carbons (Fsp3) is 0.429. The van der Waals surface area contributed by atoms with Crippen molar-refractivity contribution in [3.63, 3.8) is 0 Å². The topological polar surface area (TPSA) is 120 Å². The number of likely N-dealkylation sites (N-methyl/N-ethyl adjacent to an activating group) is 2. The van der Waals surface area contributed by atoms with Crippen LogP contribution in [0, 0.1) is 18.2 Å². The number of rotatable bonds is 9. The van der Waals surface area contributed by atoms with Crippen LogP contribution >= 0.6 is 0 Å². The number of phenols is 1. The molecule has 1 saturated carbocycles. The number of carbonyl (C=O) groups excluding carboxylic acids is 2. The minimum Gasteiger partial charge on any atom is -0.508 e. The first-order valence-corrected chi connectivity index (χ1v) is 15.8. The molecule has 1 aromatic heterocycles. The molecule has 1 aliphatic carbocycles. The van der Waals surface area contributed by atoms with Crippen molar-refractivity contribution in [1.82, 2.24) is 19.8 Å². The van der Waals surface area contributed by atoms with Gasteiger partial charge in [0.15, 0.2) is 11.6 Å². The molecule has 2 fully saturated rings. The highest BCUT2D eigenvalue weighted by Crippen LogP contribution is 2.42. The Balaban J connectivity index is 1.39. The minimum atomic E-state index is -0.994. The van der Waals surface area contributed by atoms with Gasteiger partial charge in [0.2, 0.25) is 5.91 Å². The number of halogens is 2. The summed E-state index contributed by atoms with van der Waals surface area (Å²) >= 11 is 0. The summed E-state index contributed by atoms with van der Waals surface area (Å²) in [7, 11) is 3.57. The van der Waals surface area contributed by atoms with E-state index in [1.807, 2.05) is 18.9 Å². The summed E-state index contributed by atoms with van der Waals surface area (Å²) < 4.78 is 41.1. The van der Waals surface area contributed by atoms with Gasteiger partial charge in [-0.2, -0.15) is 9.97 Å². The summed E-state index contributed by atoms with van der Waals surface area (Å²) in [5.41, 5.74) is -0.826. The van der Waals surface area contributed by atoms with Gasteiger partial charge in [-0.1, -0.05) is 31.4 Å². The second-order valence-corrected chi connectivity index (χ2v) is 13.1. The molecule has 0 spiro atoms. The van der Waals surface area contributed by atoms with E-state index in [0.717, 1.165) is 25.7 Å². The maximum absolute atomic E-state index is 14.8. The molecule has 3 heterocycles. The number of ether oxygens (including phenoxy) is 2. The van der Waals surface area contributed by atoms with E-state index >= 15 is 0 Å². The van der Waals surface area contributed by atoms with Gasteiger partial charge in [0, 0.05) is 38.0 Å². The number of alkyl halides is 1. The van der Waals surface area contributed by atoms with E-state index in [1.54, 1.807) is 11.9 Å². The van der Waals surface area contributed by atoms with Crippen LogP contribution in [0.1, 0.15) is 50.3 Å². The Hall–Kier alpha value is -4.96. The molecule has 2 N–H and O–H groups in total. The summed E-state index contributed by atoms with van der Waals surface area (Å²) in [4.78, 5) is 40.3. The van der Waals surface area contributed by atoms with E-state index < -0.39 is 29.2 Å². The highest BCUT2D eigenvalue weighted by molar-refractivity contribution is 6.06. The Kier molecular flexibility index (Phi) is 8.63. The van der Waals surface area contributed by atoms with Crippen molar-refractivity contribution in [2.75, 3.05) is 44.0 Å². The van der Waals surface area contributed by atoms with Crippen molar-refractivity contribution < 1.29 is 33.0 Å². The highest BCUT2D eigenvalue weighted by atomic mass is 19.1. The first-order valence-electron chi connectivity index (χ1n) is 15.8. The second-order valence-electron chi connectivity index (χ2n) is 13.1. The summed E-state index contributed by atoms with van der Waals surface area (Å²) in [5.74, 6) is 1.56. The average molecular weight is 661 g/mol. The number of benzene rings is 2. The number of hydrogen-bond acceptors (Lipinski definition) is 9. The molecular weight excluding hydrogens is 622 g/mol. The number of phenolic OH excluding ortho intramolecular Hbond substituents is 1. The third kappa shape index (κ3) is 5.85. The molecule has 0 unspecified atom stereocenters. The van der Waals surface area contributed by atoms with Crippen LogP contribution in [0.5, 0.6) is 17.5 Å². The second kappa shape index (κ2) is 12.6. The molecule has 3 aromatic rings. The molecular formula is C35H38F2N6O5. The number of hydrogen-bond donors (Lipinski definition) is 2. The number of amides is 2. The fourth-order valence-electron chi connectivity index (χ4n) is 7.06. The van der Waals surface area contributed by atoms with Crippen molar-refractivity contribution in [3.05, 3.63) is 54.0 Å². The summed E-state index contributed by atoms with van der Waals surface area (Å²) in [6, 6.07) is 5.37. The molecule has 13 heteroatoms. The first kappa shape index (κ1) is 33.0. The maximum atomic E-state index is 14.8. The molecule has 2 atom stereocenters. The molecule has 11 nitrogen and oxygen atoms in total. The molecule has 6 rings (SSSR count). The van der Waals surface area contributed by atoms with Crippen molar-refractivity contribution >= 4 is 34.3 Å². The Morgan fingerprint density at radius 2 is 2.08 bits per heavy atom. The van der Waals surface area contributed by atoms with E-state index in [-0.39, 0.29) is 77.7 Å². The molecule has 2 amide bonds. The molecule has 252 valence electrons. The number of nitrogens with one attached hydrogen (secondary N) is 1. The van der Waals surface area contributed by atoms with Gasteiger partial charge in [-0.3, -0.25) is 14.6 Å². The van der Waals surface area contributed by atoms with Gasteiger partial charge in [-0.05, 0) is 50.4 Å². The Morgan fingerprint density at radius 1 is 1.33 bits per heavy atom. The third-order valence-corrected chi connectivity index (χ3v) is 10.0. The molecule has 0 bridgehead atoms. The molecule has 1 saturated heterocycles. The van der Waals surface area contributed by atoms with Crippen LogP contribution in [0.25, 0.3) is 10.8 Å². The predicted octanol–water partition coefficient (Wildman–Crippen LogP) is 5.16.